The number of rotatable bonds is 1. The monoisotopic (exact) mass is 182 g/mol. The number of halogens is 1. The highest BCUT2D eigenvalue weighted by molar-refractivity contribution is 9.10. The van der Waals surface area contributed by atoms with Crippen LogP contribution in [0.15, 0.2) is 16.9 Å². The Bertz CT molecular complexity index is 187. The van der Waals surface area contributed by atoms with Crippen LogP contribution in [0.5, 0.6) is 0 Å². The summed E-state index contributed by atoms with van der Waals surface area (Å²) in [7, 11) is 5.26. The largest absolute Gasteiger partial charge is 0.241 e. The normalized spacial score (nSPS) is 9.44. The molecule has 4 heteroatoms. The van der Waals surface area contributed by atoms with Crippen molar-refractivity contribution in [1.29, 1.82) is 0 Å². The molecule has 1 aromatic heterocycles. The predicted octanol–water partition coefficient (Wildman–Crippen LogP) is 0.908. The van der Waals surface area contributed by atoms with E-state index in [1.54, 1.807) is 12.4 Å². The molecule has 0 amide bonds. The standard InChI is InChI=1S/C5H4BBrN2/c6-1-5-8-2-4(7)3-9-5/h2-3H,1H2. The Morgan fingerprint density at radius 3 is 2.44 bits per heavy atom. The molecular formula is C5H4BBrN2. The van der Waals surface area contributed by atoms with Crippen LogP contribution in [-0.2, 0) is 6.32 Å². The molecule has 2 radical (unpaired) electrons. The summed E-state index contributed by atoms with van der Waals surface area (Å²) in [5, 5.41) is 0. The molecule has 0 aliphatic carbocycles. The first-order chi connectivity index (χ1) is 4.33. The highest BCUT2D eigenvalue weighted by Gasteiger charge is 1.89. The van der Waals surface area contributed by atoms with Crippen molar-refractivity contribution in [1.82, 2.24) is 9.97 Å². The third kappa shape index (κ3) is 1.79. The fourth-order valence-corrected chi connectivity index (χ4v) is 0.649. The Kier molecular flexibility index (Phi) is 2.22. The third-order valence-corrected chi connectivity index (χ3v) is 1.27. The predicted molar refractivity (Wildman–Crippen MR) is 39.2 cm³/mol. The Hall–Kier alpha value is -0.375. The number of hydrogen-bond donors (Lipinski definition) is 0. The van der Waals surface area contributed by atoms with Crippen LogP contribution < -0.4 is 0 Å². The van der Waals surface area contributed by atoms with E-state index in [0.29, 0.717) is 12.1 Å². The highest BCUT2D eigenvalue weighted by Crippen LogP contribution is 2.03. The van der Waals surface area contributed by atoms with Gasteiger partial charge in [0.05, 0.1) is 12.3 Å². The smallest absolute Gasteiger partial charge is 0.119 e. The molecule has 0 aromatic carbocycles. The van der Waals surface area contributed by atoms with Crippen LogP contribution in [0.25, 0.3) is 0 Å². The van der Waals surface area contributed by atoms with Crippen LogP contribution in [0, 0.1) is 0 Å². The van der Waals surface area contributed by atoms with Gasteiger partial charge < -0.3 is 0 Å². The maximum Gasteiger partial charge on any atom is 0.119 e. The first-order valence-corrected chi connectivity index (χ1v) is 3.28. The SMILES string of the molecule is [B]Cc1ncc(Br)cn1. The van der Waals surface area contributed by atoms with Crippen LogP contribution in [0.4, 0.5) is 0 Å². The van der Waals surface area contributed by atoms with E-state index in [1.165, 1.54) is 0 Å². The number of hydrogen-bond acceptors (Lipinski definition) is 2. The molecule has 0 spiro atoms. The van der Waals surface area contributed by atoms with Crippen molar-refractivity contribution in [3.8, 4) is 0 Å². The zero-order chi connectivity index (χ0) is 6.69. The molecule has 0 saturated carbocycles. The van der Waals surface area contributed by atoms with Crippen LogP contribution in [0.3, 0.4) is 0 Å². The quantitative estimate of drug-likeness (QED) is 0.604. The molecule has 1 heterocycles. The molecule has 1 rings (SSSR count). The van der Waals surface area contributed by atoms with Crippen LogP contribution in [0.1, 0.15) is 5.82 Å². The Morgan fingerprint density at radius 2 is 2.00 bits per heavy atom. The van der Waals surface area contributed by atoms with Crippen LogP contribution in [-0.4, -0.2) is 17.8 Å². The van der Waals surface area contributed by atoms with Gasteiger partial charge in [0.1, 0.15) is 5.82 Å². The Morgan fingerprint density at radius 1 is 1.44 bits per heavy atom. The van der Waals surface area contributed by atoms with Crippen molar-refractivity contribution in [2.75, 3.05) is 0 Å². The minimum absolute atomic E-state index is 0.396. The van der Waals surface area contributed by atoms with Crippen LogP contribution in [0.2, 0.25) is 0 Å². The summed E-state index contributed by atoms with van der Waals surface area (Å²) in [6, 6.07) is 0. The lowest BCUT2D eigenvalue weighted by Gasteiger charge is -1.91. The van der Waals surface area contributed by atoms with Crippen LogP contribution >= 0.6 is 15.9 Å². The second kappa shape index (κ2) is 2.96. The fourth-order valence-electron chi connectivity index (χ4n) is 0.444. The molecule has 9 heavy (non-hydrogen) atoms. The molecule has 0 bridgehead atoms. The van der Waals surface area contributed by atoms with Crippen molar-refractivity contribution < 1.29 is 0 Å². The molecule has 0 fully saturated rings. The molecule has 0 aliphatic rings. The van der Waals surface area contributed by atoms with Gasteiger partial charge in [0.2, 0.25) is 0 Å². The van der Waals surface area contributed by atoms with Gasteiger partial charge in [0, 0.05) is 12.4 Å². The van der Waals surface area contributed by atoms with E-state index in [0.717, 1.165) is 4.47 Å². The minimum atomic E-state index is 0.396. The summed E-state index contributed by atoms with van der Waals surface area (Å²) >= 11 is 3.21. The van der Waals surface area contributed by atoms with Gasteiger partial charge in [0.15, 0.2) is 0 Å². The lowest BCUT2D eigenvalue weighted by Crippen LogP contribution is -1.92. The minimum Gasteiger partial charge on any atom is -0.241 e. The summed E-state index contributed by atoms with van der Waals surface area (Å²) in [5.41, 5.74) is 0. The lowest BCUT2D eigenvalue weighted by atomic mass is 10.1. The van der Waals surface area contributed by atoms with E-state index in [4.69, 9.17) is 7.85 Å². The van der Waals surface area contributed by atoms with E-state index >= 15 is 0 Å². The van der Waals surface area contributed by atoms with Gasteiger partial charge in [-0.15, -0.1) is 0 Å². The van der Waals surface area contributed by atoms with Crippen molar-refractivity contribution in [2.24, 2.45) is 0 Å². The van der Waals surface area contributed by atoms with Gasteiger partial charge in [-0.2, -0.15) is 0 Å². The number of aromatic nitrogens is 2. The summed E-state index contributed by atoms with van der Waals surface area (Å²) in [4.78, 5) is 7.83. The van der Waals surface area contributed by atoms with E-state index in [1.807, 2.05) is 0 Å². The third-order valence-electron chi connectivity index (χ3n) is 0.856. The molecule has 0 saturated heterocycles. The average molecular weight is 183 g/mol. The topological polar surface area (TPSA) is 25.8 Å². The Labute approximate surface area is 63.3 Å². The first kappa shape index (κ1) is 6.74. The molecule has 0 aliphatic heterocycles. The maximum atomic E-state index is 5.26. The zero-order valence-electron chi connectivity index (χ0n) is 4.71. The molecule has 0 N–H and O–H groups in total. The summed E-state index contributed by atoms with van der Waals surface area (Å²) in [5.74, 6) is 0.665. The van der Waals surface area contributed by atoms with E-state index in [2.05, 4.69) is 25.9 Å². The second-order valence-corrected chi connectivity index (χ2v) is 2.44. The lowest BCUT2D eigenvalue weighted by molar-refractivity contribution is 1.02. The van der Waals surface area contributed by atoms with Crippen molar-refractivity contribution in [2.45, 2.75) is 6.32 Å². The molecule has 2 nitrogen and oxygen atoms in total. The molecule has 0 atom stereocenters. The second-order valence-electron chi connectivity index (χ2n) is 1.52. The van der Waals surface area contributed by atoms with E-state index < -0.39 is 0 Å². The van der Waals surface area contributed by atoms with Gasteiger partial charge >= 0.3 is 0 Å². The van der Waals surface area contributed by atoms with Gasteiger partial charge in [-0.3, -0.25) is 0 Å². The molecule has 44 valence electrons. The van der Waals surface area contributed by atoms with Gasteiger partial charge in [0.25, 0.3) is 0 Å². The van der Waals surface area contributed by atoms with Gasteiger partial charge in [-0.1, -0.05) is 0 Å². The van der Waals surface area contributed by atoms with Crippen molar-refractivity contribution in [3.05, 3.63) is 22.7 Å². The summed E-state index contributed by atoms with van der Waals surface area (Å²) < 4.78 is 0.875. The average Bonchev–Trinajstić information content (AvgIpc) is 1.90. The summed E-state index contributed by atoms with van der Waals surface area (Å²) in [6.45, 7) is 0. The highest BCUT2D eigenvalue weighted by atomic mass is 79.9. The fraction of sp³-hybridized carbons (Fsp3) is 0.200. The number of nitrogens with zero attached hydrogens (tertiary/aromatic N) is 2. The van der Waals surface area contributed by atoms with Gasteiger partial charge in [-0.05, 0) is 22.3 Å². The molecule has 1 aromatic rings. The first-order valence-electron chi connectivity index (χ1n) is 2.49. The van der Waals surface area contributed by atoms with Crippen molar-refractivity contribution in [3.63, 3.8) is 0 Å². The van der Waals surface area contributed by atoms with E-state index in [-0.39, 0.29) is 0 Å². The van der Waals surface area contributed by atoms with E-state index in [9.17, 15) is 0 Å². The molecule has 0 unspecified atom stereocenters. The molecular weight excluding hydrogens is 179 g/mol. The maximum absolute atomic E-state index is 5.26. The van der Waals surface area contributed by atoms with Gasteiger partial charge in [-0.25, -0.2) is 9.97 Å². The van der Waals surface area contributed by atoms with Crippen molar-refractivity contribution >= 4 is 23.8 Å². The Balaban J connectivity index is 2.88. The zero-order valence-corrected chi connectivity index (χ0v) is 6.30. The summed E-state index contributed by atoms with van der Waals surface area (Å²) in [6.07, 6.45) is 3.75.